The Labute approximate surface area is 158 Å². The van der Waals surface area contributed by atoms with Crippen molar-refractivity contribution in [2.75, 3.05) is 32.7 Å². The van der Waals surface area contributed by atoms with E-state index < -0.39 is 0 Å². The van der Waals surface area contributed by atoms with Crippen LogP contribution in [0.3, 0.4) is 0 Å². The fraction of sp³-hybridized carbons (Fsp3) is 0.706. The first-order valence-electron chi connectivity index (χ1n) is 8.56. The maximum absolute atomic E-state index is 5.62. The molecular formula is C17H33IN4O. The molecule has 0 aliphatic carbocycles. The summed E-state index contributed by atoms with van der Waals surface area (Å²) in [6.45, 7) is 13.1. The zero-order valence-electron chi connectivity index (χ0n) is 15.0. The van der Waals surface area contributed by atoms with E-state index >= 15 is 0 Å². The summed E-state index contributed by atoms with van der Waals surface area (Å²) in [5.41, 5.74) is 0. The van der Waals surface area contributed by atoms with Gasteiger partial charge in [-0.05, 0) is 38.6 Å². The van der Waals surface area contributed by atoms with E-state index in [1.54, 1.807) is 6.26 Å². The first-order valence-corrected chi connectivity index (χ1v) is 8.56. The number of likely N-dealkylation sites (N-methyl/N-ethyl adjacent to an activating group) is 1. The Bertz CT molecular complexity index is 405. The van der Waals surface area contributed by atoms with Crippen LogP contribution in [0, 0.1) is 0 Å². The van der Waals surface area contributed by atoms with Gasteiger partial charge in [-0.1, -0.05) is 27.2 Å². The maximum Gasteiger partial charge on any atom is 0.191 e. The summed E-state index contributed by atoms with van der Waals surface area (Å²) < 4.78 is 5.62. The van der Waals surface area contributed by atoms with Gasteiger partial charge >= 0.3 is 0 Å². The number of aliphatic imine (C=N–C) groups is 1. The molecule has 134 valence electrons. The Morgan fingerprint density at radius 1 is 1.22 bits per heavy atom. The zero-order chi connectivity index (χ0) is 16.2. The van der Waals surface area contributed by atoms with Crippen LogP contribution in [0.1, 0.15) is 52.3 Å². The van der Waals surface area contributed by atoms with Crippen LogP contribution >= 0.6 is 24.0 Å². The molecule has 1 aromatic heterocycles. The highest BCUT2D eigenvalue weighted by molar-refractivity contribution is 14.0. The van der Waals surface area contributed by atoms with Gasteiger partial charge in [-0.15, -0.1) is 24.0 Å². The van der Waals surface area contributed by atoms with E-state index in [1.165, 1.54) is 6.42 Å². The summed E-state index contributed by atoms with van der Waals surface area (Å²) in [7, 11) is 0. The Kier molecular flexibility index (Phi) is 13.2. The number of nitrogens with zero attached hydrogens (tertiary/aromatic N) is 2. The molecule has 0 aliphatic heterocycles. The molecule has 0 fully saturated rings. The largest absolute Gasteiger partial charge is 0.468 e. The highest BCUT2D eigenvalue weighted by Gasteiger charge is 2.20. The van der Waals surface area contributed by atoms with E-state index in [0.29, 0.717) is 6.54 Å². The van der Waals surface area contributed by atoms with Crippen LogP contribution in [0.5, 0.6) is 0 Å². The van der Waals surface area contributed by atoms with Gasteiger partial charge in [0, 0.05) is 13.1 Å². The van der Waals surface area contributed by atoms with Crippen LogP contribution in [-0.2, 0) is 0 Å². The van der Waals surface area contributed by atoms with E-state index in [2.05, 4.69) is 43.2 Å². The lowest BCUT2D eigenvalue weighted by Gasteiger charge is -2.27. The molecule has 1 aromatic rings. The van der Waals surface area contributed by atoms with Crippen molar-refractivity contribution in [1.82, 2.24) is 15.5 Å². The lowest BCUT2D eigenvalue weighted by molar-refractivity contribution is 0.198. The summed E-state index contributed by atoms with van der Waals surface area (Å²) in [6.07, 6.45) is 4.07. The predicted molar refractivity (Wildman–Crippen MR) is 109 cm³/mol. The molecular weight excluding hydrogens is 403 g/mol. The van der Waals surface area contributed by atoms with Crippen molar-refractivity contribution in [2.45, 2.75) is 46.6 Å². The smallest absolute Gasteiger partial charge is 0.191 e. The van der Waals surface area contributed by atoms with E-state index in [-0.39, 0.29) is 30.0 Å². The zero-order valence-corrected chi connectivity index (χ0v) is 17.3. The average molecular weight is 436 g/mol. The molecule has 1 heterocycles. The molecule has 0 aromatic carbocycles. The molecule has 5 nitrogen and oxygen atoms in total. The number of nitrogens with one attached hydrogen (secondary N) is 2. The van der Waals surface area contributed by atoms with Crippen LogP contribution in [-0.4, -0.2) is 43.6 Å². The molecule has 0 aliphatic rings. The topological polar surface area (TPSA) is 52.8 Å². The Morgan fingerprint density at radius 2 is 1.96 bits per heavy atom. The molecule has 0 saturated carbocycles. The van der Waals surface area contributed by atoms with Crippen LogP contribution in [0.15, 0.2) is 27.8 Å². The first kappa shape index (κ1) is 22.2. The Morgan fingerprint density at radius 3 is 2.48 bits per heavy atom. The molecule has 0 saturated heterocycles. The number of unbranched alkanes of at least 4 members (excludes halogenated alkanes) is 1. The third-order valence-electron chi connectivity index (χ3n) is 3.71. The van der Waals surface area contributed by atoms with Crippen LogP contribution in [0.2, 0.25) is 0 Å². The summed E-state index contributed by atoms with van der Waals surface area (Å²) in [5, 5.41) is 6.69. The molecule has 1 rings (SSSR count). The highest BCUT2D eigenvalue weighted by Crippen LogP contribution is 2.21. The SMILES string of the molecule is CCCCNC(=NCC(c1ccco1)N(CC)CC)NCC.I. The maximum atomic E-state index is 5.62. The fourth-order valence-electron chi connectivity index (χ4n) is 2.43. The van der Waals surface area contributed by atoms with Crippen molar-refractivity contribution in [3.8, 4) is 0 Å². The molecule has 0 bridgehead atoms. The van der Waals surface area contributed by atoms with Crippen molar-refractivity contribution in [1.29, 1.82) is 0 Å². The second kappa shape index (κ2) is 13.7. The number of halogens is 1. The second-order valence-corrected chi connectivity index (χ2v) is 5.25. The van der Waals surface area contributed by atoms with E-state index in [9.17, 15) is 0 Å². The Balaban J connectivity index is 0.00000484. The molecule has 0 amide bonds. The fourth-order valence-corrected chi connectivity index (χ4v) is 2.43. The molecule has 6 heteroatoms. The standard InChI is InChI=1S/C17H32N4O.HI/c1-5-9-12-19-17(18-6-2)20-14-15(21(7-3)8-4)16-11-10-13-22-16;/h10-11,13,15H,5-9,12,14H2,1-4H3,(H2,18,19,20);1H. The van der Waals surface area contributed by atoms with E-state index in [1.807, 2.05) is 12.1 Å². The number of furan rings is 1. The van der Waals surface area contributed by atoms with Gasteiger partial charge in [-0.2, -0.15) is 0 Å². The third kappa shape index (κ3) is 8.06. The van der Waals surface area contributed by atoms with Gasteiger partial charge in [-0.25, -0.2) is 0 Å². The highest BCUT2D eigenvalue weighted by atomic mass is 127. The van der Waals surface area contributed by atoms with Gasteiger partial charge in [0.2, 0.25) is 0 Å². The van der Waals surface area contributed by atoms with Crippen LogP contribution in [0.4, 0.5) is 0 Å². The minimum absolute atomic E-state index is 0. The van der Waals surface area contributed by atoms with Crippen molar-refractivity contribution in [3.05, 3.63) is 24.2 Å². The number of hydrogen-bond donors (Lipinski definition) is 2. The van der Waals surface area contributed by atoms with Crippen LogP contribution < -0.4 is 10.6 Å². The minimum atomic E-state index is 0. The molecule has 2 N–H and O–H groups in total. The van der Waals surface area contributed by atoms with Crippen molar-refractivity contribution < 1.29 is 4.42 Å². The predicted octanol–water partition coefficient (Wildman–Crippen LogP) is 3.64. The van der Waals surface area contributed by atoms with E-state index in [4.69, 9.17) is 9.41 Å². The van der Waals surface area contributed by atoms with Crippen molar-refractivity contribution in [2.24, 2.45) is 4.99 Å². The summed E-state index contributed by atoms with van der Waals surface area (Å²) in [5.74, 6) is 1.87. The monoisotopic (exact) mass is 436 g/mol. The van der Waals surface area contributed by atoms with E-state index in [0.717, 1.165) is 44.3 Å². The molecule has 1 atom stereocenters. The molecule has 23 heavy (non-hydrogen) atoms. The van der Waals surface area contributed by atoms with Gasteiger partial charge in [0.25, 0.3) is 0 Å². The van der Waals surface area contributed by atoms with Crippen LogP contribution in [0.25, 0.3) is 0 Å². The lowest BCUT2D eigenvalue weighted by Crippen LogP contribution is -2.39. The number of rotatable bonds is 10. The molecule has 0 spiro atoms. The quantitative estimate of drug-likeness (QED) is 0.255. The normalized spacial score (nSPS) is 12.8. The Hall–Kier alpha value is -0.760. The molecule has 0 radical (unpaired) electrons. The van der Waals surface area contributed by atoms with Crippen molar-refractivity contribution in [3.63, 3.8) is 0 Å². The lowest BCUT2D eigenvalue weighted by atomic mass is 10.2. The van der Waals surface area contributed by atoms with Gasteiger partial charge in [0.1, 0.15) is 5.76 Å². The summed E-state index contributed by atoms with van der Waals surface area (Å²) in [6, 6.07) is 4.17. The average Bonchev–Trinajstić information content (AvgIpc) is 3.05. The van der Waals surface area contributed by atoms with Crippen molar-refractivity contribution >= 4 is 29.9 Å². The molecule has 1 unspecified atom stereocenters. The first-order chi connectivity index (χ1) is 10.8. The third-order valence-corrected chi connectivity index (χ3v) is 3.71. The summed E-state index contributed by atoms with van der Waals surface area (Å²) >= 11 is 0. The van der Waals surface area contributed by atoms with Gasteiger partial charge in [0.15, 0.2) is 5.96 Å². The number of hydrogen-bond acceptors (Lipinski definition) is 3. The van der Waals surface area contributed by atoms with Gasteiger partial charge in [-0.3, -0.25) is 9.89 Å². The minimum Gasteiger partial charge on any atom is -0.468 e. The second-order valence-electron chi connectivity index (χ2n) is 5.25. The van der Waals surface area contributed by atoms with Gasteiger partial charge in [0.05, 0.1) is 18.8 Å². The van der Waals surface area contributed by atoms with Gasteiger partial charge < -0.3 is 15.1 Å². The summed E-state index contributed by atoms with van der Waals surface area (Å²) in [4.78, 5) is 7.12. The number of guanidine groups is 1.